The fraction of sp³-hybridized carbons (Fsp3) is 0.300. The SMILES string of the molecule is COc1ccc(S(=O)(=O)N2CCC[C@@H](C(=O)Nc3ccc(C(N)=O)cc3)C2)cc1. The van der Waals surface area contributed by atoms with Crippen LogP contribution in [-0.2, 0) is 14.8 Å². The van der Waals surface area contributed by atoms with E-state index in [-0.39, 0.29) is 17.3 Å². The molecule has 0 saturated carbocycles. The lowest BCUT2D eigenvalue weighted by Crippen LogP contribution is -2.43. The maximum Gasteiger partial charge on any atom is 0.248 e. The number of nitrogens with zero attached hydrogens (tertiary/aromatic N) is 1. The summed E-state index contributed by atoms with van der Waals surface area (Å²) < 4.78 is 32.3. The van der Waals surface area contributed by atoms with E-state index in [9.17, 15) is 18.0 Å². The monoisotopic (exact) mass is 417 g/mol. The summed E-state index contributed by atoms with van der Waals surface area (Å²) in [6.45, 7) is 0.477. The second-order valence-electron chi connectivity index (χ2n) is 6.81. The number of ether oxygens (including phenoxy) is 1. The summed E-state index contributed by atoms with van der Waals surface area (Å²) in [4.78, 5) is 23.9. The first-order chi connectivity index (χ1) is 13.8. The number of primary amides is 1. The highest BCUT2D eigenvalue weighted by Gasteiger charge is 2.33. The van der Waals surface area contributed by atoms with Gasteiger partial charge in [-0.1, -0.05) is 0 Å². The van der Waals surface area contributed by atoms with Crippen LogP contribution >= 0.6 is 0 Å². The van der Waals surface area contributed by atoms with Crippen LogP contribution in [0.1, 0.15) is 23.2 Å². The molecule has 1 aliphatic heterocycles. The number of nitrogens with one attached hydrogen (secondary N) is 1. The molecule has 2 aromatic rings. The van der Waals surface area contributed by atoms with Gasteiger partial charge in [-0.25, -0.2) is 8.42 Å². The lowest BCUT2D eigenvalue weighted by atomic mass is 9.98. The number of sulfonamides is 1. The summed E-state index contributed by atoms with van der Waals surface area (Å²) in [6.07, 6.45) is 1.19. The Hall–Kier alpha value is -2.91. The molecule has 8 nitrogen and oxygen atoms in total. The maximum absolute atomic E-state index is 12.9. The molecule has 1 fully saturated rings. The van der Waals surface area contributed by atoms with Gasteiger partial charge in [0.15, 0.2) is 0 Å². The molecule has 3 N–H and O–H groups in total. The van der Waals surface area contributed by atoms with Gasteiger partial charge in [0.2, 0.25) is 21.8 Å². The number of methoxy groups -OCH3 is 1. The van der Waals surface area contributed by atoms with Gasteiger partial charge in [-0.15, -0.1) is 0 Å². The predicted octanol–water partition coefficient (Wildman–Crippen LogP) is 1.83. The number of amides is 2. The first-order valence-corrected chi connectivity index (χ1v) is 10.6. The van der Waals surface area contributed by atoms with Crippen LogP contribution in [0.5, 0.6) is 5.75 Å². The average molecular weight is 417 g/mol. The molecule has 0 unspecified atom stereocenters. The molecule has 0 aromatic heterocycles. The Morgan fingerprint density at radius 3 is 2.34 bits per heavy atom. The first-order valence-electron chi connectivity index (χ1n) is 9.16. The summed E-state index contributed by atoms with van der Waals surface area (Å²) in [6, 6.07) is 12.4. The minimum Gasteiger partial charge on any atom is -0.497 e. The van der Waals surface area contributed by atoms with Crippen LogP contribution in [0.4, 0.5) is 5.69 Å². The molecular weight excluding hydrogens is 394 g/mol. The number of nitrogens with two attached hydrogens (primary N) is 1. The van der Waals surface area contributed by atoms with Gasteiger partial charge >= 0.3 is 0 Å². The summed E-state index contributed by atoms with van der Waals surface area (Å²) in [5.41, 5.74) is 6.07. The van der Waals surface area contributed by atoms with Crippen molar-refractivity contribution in [2.75, 3.05) is 25.5 Å². The van der Waals surface area contributed by atoms with Gasteiger partial charge in [-0.05, 0) is 61.4 Å². The minimum absolute atomic E-state index is 0.111. The number of hydrogen-bond donors (Lipinski definition) is 2. The molecule has 1 atom stereocenters. The fourth-order valence-corrected chi connectivity index (χ4v) is 4.76. The van der Waals surface area contributed by atoms with Crippen molar-refractivity contribution in [1.82, 2.24) is 4.31 Å². The Morgan fingerprint density at radius 2 is 1.76 bits per heavy atom. The van der Waals surface area contributed by atoms with Gasteiger partial charge in [0, 0.05) is 24.3 Å². The van der Waals surface area contributed by atoms with Crippen molar-refractivity contribution in [3.63, 3.8) is 0 Å². The number of rotatable bonds is 6. The third kappa shape index (κ3) is 4.75. The highest BCUT2D eigenvalue weighted by atomic mass is 32.2. The van der Waals surface area contributed by atoms with Crippen LogP contribution in [0.25, 0.3) is 0 Å². The van der Waals surface area contributed by atoms with Crippen LogP contribution in [0.2, 0.25) is 0 Å². The summed E-state index contributed by atoms with van der Waals surface area (Å²) >= 11 is 0. The topological polar surface area (TPSA) is 119 Å². The number of piperidine rings is 1. The van der Waals surface area contributed by atoms with Gasteiger partial charge in [0.25, 0.3) is 0 Å². The molecule has 3 rings (SSSR count). The second-order valence-corrected chi connectivity index (χ2v) is 8.75. The van der Waals surface area contributed by atoms with Crippen molar-refractivity contribution in [3.05, 3.63) is 54.1 Å². The van der Waals surface area contributed by atoms with E-state index >= 15 is 0 Å². The third-order valence-electron chi connectivity index (χ3n) is 4.89. The smallest absolute Gasteiger partial charge is 0.248 e. The summed E-state index contributed by atoms with van der Waals surface area (Å²) in [5.74, 6) is -0.698. The van der Waals surface area contributed by atoms with Gasteiger partial charge in [0.05, 0.1) is 17.9 Å². The quantitative estimate of drug-likeness (QED) is 0.743. The lowest BCUT2D eigenvalue weighted by Gasteiger charge is -2.31. The van der Waals surface area contributed by atoms with Crippen LogP contribution in [-0.4, -0.2) is 44.7 Å². The van der Waals surface area contributed by atoms with Crippen LogP contribution < -0.4 is 15.8 Å². The molecular formula is C20H23N3O5S. The molecule has 9 heteroatoms. The zero-order valence-electron chi connectivity index (χ0n) is 16.0. The second kappa shape index (κ2) is 8.62. The predicted molar refractivity (Wildman–Crippen MR) is 108 cm³/mol. The highest BCUT2D eigenvalue weighted by molar-refractivity contribution is 7.89. The van der Waals surface area contributed by atoms with Crippen molar-refractivity contribution >= 4 is 27.5 Å². The van der Waals surface area contributed by atoms with E-state index in [1.54, 1.807) is 24.3 Å². The maximum atomic E-state index is 12.9. The van der Waals surface area contributed by atoms with E-state index in [0.29, 0.717) is 36.4 Å². The van der Waals surface area contributed by atoms with Gasteiger partial charge in [0.1, 0.15) is 5.75 Å². The van der Waals surface area contributed by atoms with E-state index in [1.807, 2.05) is 0 Å². The van der Waals surface area contributed by atoms with E-state index in [0.717, 1.165) is 0 Å². The Kier molecular flexibility index (Phi) is 6.19. The zero-order chi connectivity index (χ0) is 21.0. The van der Waals surface area contributed by atoms with E-state index < -0.39 is 21.8 Å². The molecule has 1 heterocycles. The van der Waals surface area contributed by atoms with Crippen molar-refractivity contribution in [2.24, 2.45) is 11.7 Å². The molecule has 154 valence electrons. The van der Waals surface area contributed by atoms with Crippen molar-refractivity contribution in [3.8, 4) is 5.75 Å². The normalized spacial score (nSPS) is 17.5. The Balaban J connectivity index is 1.68. The van der Waals surface area contributed by atoms with Crippen molar-refractivity contribution in [1.29, 1.82) is 0 Å². The molecule has 0 aliphatic carbocycles. The molecule has 2 aromatic carbocycles. The minimum atomic E-state index is -3.70. The van der Waals surface area contributed by atoms with Crippen molar-refractivity contribution in [2.45, 2.75) is 17.7 Å². The highest BCUT2D eigenvalue weighted by Crippen LogP contribution is 2.26. The van der Waals surface area contributed by atoms with Crippen molar-refractivity contribution < 1.29 is 22.7 Å². The molecule has 1 aliphatic rings. The Morgan fingerprint density at radius 1 is 1.10 bits per heavy atom. The zero-order valence-corrected chi connectivity index (χ0v) is 16.8. The number of carbonyl (C=O) groups is 2. The number of hydrogen-bond acceptors (Lipinski definition) is 5. The summed E-state index contributed by atoms with van der Waals surface area (Å²) in [5, 5.41) is 2.78. The Bertz CT molecular complexity index is 988. The fourth-order valence-electron chi connectivity index (χ4n) is 3.23. The van der Waals surface area contributed by atoms with Gasteiger partial charge < -0.3 is 15.8 Å². The average Bonchev–Trinajstić information content (AvgIpc) is 2.74. The molecule has 0 bridgehead atoms. The molecule has 2 amide bonds. The molecule has 1 saturated heterocycles. The summed E-state index contributed by atoms with van der Waals surface area (Å²) in [7, 11) is -2.18. The van der Waals surface area contributed by atoms with Gasteiger partial charge in [-0.3, -0.25) is 9.59 Å². The van der Waals surface area contributed by atoms with Crippen LogP contribution in [0.3, 0.4) is 0 Å². The standard InChI is InChI=1S/C20H23N3O5S/c1-28-17-8-10-18(11-9-17)29(26,27)23-12-2-3-15(13-23)20(25)22-16-6-4-14(5-7-16)19(21)24/h4-11,15H,2-3,12-13H2,1H3,(H2,21,24)(H,22,25)/t15-/m1/s1. The molecule has 0 spiro atoms. The van der Waals surface area contributed by atoms with Crippen LogP contribution in [0.15, 0.2) is 53.4 Å². The molecule has 0 radical (unpaired) electrons. The Labute approximate surface area is 169 Å². The number of anilines is 1. The van der Waals surface area contributed by atoms with E-state index in [2.05, 4.69) is 5.32 Å². The van der Waals surface area contributed by atoms with Crippen LogP contribution in [0, 0.1) is 5.92 Å². The lowest BCUT2D eigenvalue weighted by molar-refractivity contribution is -0.120. The van der Waals surface area contributed by atoms with E-state index in [1.165, 1.54) is 35.7 Å². The third-order valence-corrected chi connectivity index (χ3v) is 6.77. The van der Waals surface area contributed by atoms with Gasteiger partial charge in [-0.2, -0.15) is 4.31 Å². The largest absolute Gasteiger partial charge is 0.497 e. The first kappa shape index (κ1) is 20.8. The van der Waals surface area contributed by atoms with E-state index in [4.69, 9.17) is 10.5 Å². The number of carbonyl (C=O) groups excluding carboxylic acids is 2. The molecule has 29 heavy (non-hydrogen) atoms. The number of benzene rings is 2.